The monoisotopic (exact) mass is 232 g/mol. The first-order valence-electron chi connectivity index (χ1n) is 5.35. The second-order valence-electron chi connectivity index (χ2n) is 3.62. The molecule has 0 rings (SSSR count). The molecule has 0 heterocycles. The molecule has 0 aromatic heterocycles. The first-order chi connectivity index (χ1) is 7.43. The third kappa shape index (κ3) is 4.48. The Labute approximate surface area is 95.2 Å². The van der Waals surface area contributed by atoms with Gasteiger partial charge in [0.15, 0.2) is 6.10 Å². The summed E-state index contributed by atoms with van der Waals surface area (Å²) in [4.78, 5) is 23.4. The molecule has 0 saturated heterocycles. The highest BCUT2D eigenvalue weighted by molar-refractivity contribution is 5.76. The molecule has 0 unspecified atom stereocenters. The Balaban J connectivity index is 4.10. The molecule has 0 aromatic rings. The molecule has 0 aliphatic carbocycles. The Hall–Kier alpha value is -1.30. The fourth-order valence-corrected chi connectivity index (χ4v) is 1.40. The highest BCUT2D eigenvalue weighted by Gasteiger charge is 2.19. The number of carbonyl (C=O) groups excluding carboxylic acids is 1. The van der Waals surface area contributed by atoms with E-state index in [0.717, 1.165) is 12.8 Å². The summed E-state index contributed by atoms with van der Waals surface area (Å²) in [5, 5.41) is 19.8. The van der Waals surface area contributed by atoms with Crippen molar-refractivity contribution in [3.05, 3.63) is 0 Å². The smallest absolute Gasteiger partial charge is 0.334 e. The number of carboxylic acid groups (broad SMARTS) is 1. The fraction of sp³-hybridized carbons (Fsp3) is 0.800. The van der Waals surface area contributed by atoms with Crippen LogP contribution in [0.25, 0.3) is 0 Å². The summed E-state index contributed by atoms with van der Waals surface area (Å²) < 4.78 is 0. The van der Waals surface area contributed by atoms with Crippen LogP contribution < -0.4 is 5.32 Å². The number of urea groups is 1. The van der Waals surface area contributed by atoms with Gasteiger partial charge < -0.3 is 20.4 Å². The zero-order valence-corrected chi connectivity index (χ0v) is 9.93. The third-order valence-electron chi connectivity index (χ3n) is 2.54. The second kappa shape index (κ2) is 7.05. The van der Waals surface area contributed by atoms with Gasteiger partial charge in [-0.25, -0.2) is 9.59 Å². The number of hydrogen-bond acceptors (Lipinski definition) is 3. The number of nitrogens with zero attached hydrogens (tertiary/aromatic N) is 1. The number of hydrogen-bond donors (Lipinski definition) is 3. The van der Waals surface area contributed by atoms with E-state index >= 15 is 0 Å². The van der Waals surface area contributed by atoms with Crippen molar-refractivity contribution in [2.45, 2.75) is 38.8 Å². The van der Waals surface area contributed by atoms with Crippen molar-refractivity contribution in [3.63, 3.8) is 0 Å². The Morgan fingerprint density at radius 1 is 1.31 bits per heavy atom. The van der Waals surface area contributed by atoms with Crippen LogP contribution in [-0.4, -0.2) is 52.9 Å². The molecule has 0 aliphatic rings. The van der Waals surface area contributed by atoms with Crippen LogP contribution in [0.1, 0.15) is 26.7 Å². The van der Waals surface area contributed by atoms with Gasteiger partial charge in [-0.1, -0.05) is 13.8 Å². The van der Waals surface area contributed by atoms with E-state index in [1.54, 1.807) is 7.05 Å². The van der Waals surface area contributed by atoms with Gasteiger partial charge in [-0.2, -0.15) is 0 Å². The molecular formula is C10H20N2O4. The van der Waals surface area contributed by atoms with Crippen LogP contribution in [0.4, 0.5) is 4.79 Å². The molecule has 6 heteroatoms. The molecule has 0 spiro atoms. The number of amides is 2. The molecule has 6 nitrogen and oxygen atoms in total. The predicted octanol–water partition coefficient (Wildman–Crippen LogP) is 0.262. The first-order valence-corrected chi connectivity index (χ1v) is 5.35. The molecule has 0 aromatic carbocycles. The average Bonchev–Trinajstić information content (AvgIpc) is 2.26. The Bertz CT molecular complexity index is 241. The Morgan fingerprint density at radius 3 is 2.19 bits per heavy atom. The Kier molecular flexibility index (Phi) is 6.48. The predicted molar refractivity (Wildman–Crippen MR) is 59.2 cm³/mol. The van der Waals surface area contributed by atoms with Crippen LogP contribution in [0.5, 0.6) is 0 Å². The summed E-state index contributed by atoms with van der Waals surface area (Å²) >= 11 is 0. The van der Waals surface area contributed by atoms with Gasteiger partial charge in [-0.05, 0) is 12.8 Å². The summed E-state index contributed by atoms with van der Waals surface area (Å²) in [5.74, 6) is -1.34. The lowest BCUT2D eigenvalue weighted by molar-refractivity contribution is -0.146. The van der Waals surface area contributed by atoms with Gasteiger partial charge in [-0.3, -0.25) is 0 Å². The normalized spacial score (nSPS) is 12.3. The molecule has 0 fully saturated rings. The third-order valence-corrected chi connectivity index (χ3v) is 2.54. The number of rotatable bonds is 6. The summed E-state index contributed by atoms with van der Waals surface area (Å²) in [5.41, 5.74) is 0. The average molecular weight is 232 g/mol. The molecule has 2 amide bonds. The lowest BCUT2D eigenvalue weighted by atomic mass is 10.1. The van der Waals surface area contributed by atoms with Crippen LogP contribution >= 0.6 is 0 Å². The standard InChI is InChI=1S/C10H20N2O4/c1-4-7(5-2)12(3)10(16)11-6-8(13)9(14)15/h7-8,13H,4-6H2,1-3H3,(H,11,16)(H,14,15)/t8-/m0/s1. The quantitative estimate of drug-likeness (QED) is 0.613. The number of carboxylic acids is 1. The van der Waals surface area contributed by atoms with Crippen LogP contribution in [0.15, 0.2) is 0 Å². The van der Waals surface area contributed by atoms with Crippen molar-refractivity contribution in [1.29, 1.82) is 0 Å². The number of nitrogens with one attached hydrogen (secondary N) is 1. The molecule has 0 radical (unpaired) electrons. The van der Waals surface area contributed by atoms with Crippen molar-refractivity contribution in [2.24, 2.45) is 0 Å². The molecule has 94 valence electrons. The van der Waals surface area contributed by atoms with Gasteiger partial charge >= 0.3 is 12.0 Å². The zero-order valence-electron chi connectivity index (χ0n) is 9.93. The largest absolute Gasteiger partial charge is 0.479 e. The number of aliphatic hydroxyl groups is 1. The molecule has 0 aliphatic heterocycles. The van der Waals surface area contributed by atoms with Crippen LogP contribution in [-0.2, 0) is 4.79 Å². The van der Waals surface area contributed by atoms with Gasteiger partial charge in [0.25, 0.3) is 0 Å². The maximum Gasteiger partial charge on any atom is 0.334 e. The summed E-state index contributed by atoms with van der Waals surface area (Å²) in [7, 11) is 1.65. The van der Waals surface area contributed by atoms with Gasteiger partial charge in [-0.15, -0.1) is 0 Å². The van der Waals surface area contributed by atoms with Gasteiger partial charge in [0.1, 0.15) is 0 Å². The first kappa shape index (κ1) is 14.7. The summed E-state index contributed by atoms with van der Waals surface area (Å²) in [6, 6.07) is -0.240. The number of aliphatic hydroxyl groups excluding tert-OH is 1. The minimum atomic E-state index is -1.56. The van der Waals surface area contributed by atoms with Gasteiger partial charge in [0.2, 0.25) is 0 Å². The van der Waals surface area contributed by atoms with Crippen LogP contribution in [0, 0.1) is 0 Å². The maximum absolute atomic E-state index is 11.5. The second-order valence-corrected chi connectivity index (χ2v) is 3.62. The SMILES string of the molecule is CCC(CC)N(C)C(=O)NC[C@H](O)C(=O)O. The molecule has 0 bridgehead atoms. The van der Waals surface area contributed by atoms with Crippen molar-refractivity contribution in [2.75, 3.05) is 13.6 Å². The molecular weight excluding hydrogens is 212 g/mol. The zero-order chi connectivity index (χ0) is 12.7. The minimum Gasteiger partial charge on any atom is -0.479 e. The van der Waals surface area contributed by atoms with Gasteiger partial charge in [0.05, 0.1) is 6.54 Å². The van der Waals surface area contributed by atoms with Gasteiger partial charge in [0, 0.05) is 13.1 Å². The van der Waals surface area contributed by atoms with E-state index < -0.39 is 12.1 Å². The highest BCUT2D eigenvalue weighted by Crippen LogP contribution is 2.05. The van der Waals surface area contributed by atoms with Crippen molar-refractivity contribution >= 4 is 12.0 Å². The molecule has 0 saturated carbocycles. The van der Waals surface area contributed by atoms with Crippen molar-refractivity contribution in [1.82, 2.24) is 10.2 Å². The maximum atomic E-state index is 11.5. The Morgan fingerprint density at radius 2 is 1.81 bits per heavy atom. The van der Waals surface area contributed by atoms with Crippen molar-refractivity contribution < 1.29 is 19.8 Å². The van der Waals surface area contributed by atoms with E-state index in [2.05, 4.69) is 5.32 Å². The van der Waals surface area contributed by atoms with E-state index in [9.17, 15) is 9.59 Å². The van der Waals surface area contributed by atoms with Crippen LogP contribution in [0.2, 0.25) is 0 Å². The highest BCUT2D eigenvalue weighted by atomic mass is 16.4. The van der Waals surface area contributed by atoms with Crippen molar-refractivity contribution in [3.8, 4) is 0 Å². The van der Waals surface area contributed by atoms with Crippen LogP contribution in [0.3, 0.4) is 0 Å². The van der Waals surface area contributed by atoms with E-state index in [1.807, 2.05) is 13.8 Å². The topological polar surface area (TPSA) is 89.9 Å². The number of aliphatic carboxylic acids is 1. The molecule has 1 atom stereocenters. The minimum absolute atomic E-state index is 0.127. The lowest BCUT2D eigenvalue weighted by Gasteiger charge is -2.26. The lowest BCUT2D eigenvalue weighted by Crippen LogP contribution is -2.46. The molecule has 16 heavy (non-hydrogen) atoms. The molecule has 3 N–H and O–H groups in total. The van der Waals surface area contributed by atoms with E-state index in [4.69, 9.17) is 10.2 Å². The fourth-order valence-electron chi connectivity index (χ4n) is 1.40. The summed E-state index contributed by atoms with van der Waals surface area (Å²) in [6.07, 6.45) is 0.114. The van der Waals surface area contributed by atoms with E-state index in [-0.39, 0.29) is 18.6 Å². The van der Waals surface area contributed by atoms with E-state index in [1.165, 1.54) is 4.90 Å². The summed E-state index contributed by atoms with van der Waals surface area (Å²) in [6.45, 7) is 3.67. The number of carbonyl (C=O) groups is 2. The van der Waals surface area contributed by atoms with E-state index in [0.29, 0.717) is 0 Å².